The van der Waals surface area contributed by atoms with Gasteiger partial charge in [-0.15, -0.1) is 11.6 Å². The van der Waals surface area contributed by atoms with Crippen LogP contribution in [0.4, 0.5) is 0 Å². The minimum Gasteiger partial charge on any atom is -0.497 e. The molecule has 1 unspecified atom stereocenters. The second-order valence-corrected chi connectivity index (χ2v) is 5.32. The molecule has 4 heteroatoms. The van der Waals surface area contributed by atoms with Crippen molar-refractivity contribution in [3.63, 3.8) is 0 Å². The van der Waals surface area contributed by atoms with Gasteiger partial charge in [-0.1, -0.05) is 12.1 Å². The van der Waals surface area contributed by atoms with E-state index in [9.17, 15) is 4.79 Å². The summed E-state index contributed by atoms with van der Waals surface area (Å²) in [7, 11) is 1.64. The number of methoxy groups -OCH3 is 1. The van der Waals surface area contributed by atoms with Gasteiger partial charge in [0.15, 0.2) is 0 Å². The van der Waals surface area contributed by atoms with Crippen LogP contribution in [0.1, 0.15) is 25.3 Å². The van der Waals surface area contributed by atoms with Crippen LogP contribution < -0.4 is 4.74 Å². The van der Waals surface area contributed by atoms with Crippen molar-refractivity contribution >= 4 is 17.5 Å². The van der Waals surface area contributed by atoms with E-state index in [0.717, 1.165) is 24.2 Å². The molecule has 1 fully saturated rings. The molecule has 1 aromatic rings. The Balaban J connectivity index is 2.06. The molecule has 0 bridgehead atoms. The average molecular weight is 268 g/mol. The molecule has 0 spiro atoms. The summed E-state index contributed by atoms with van der Waals surface area (Å²) >= 11 is 5.90. The van der Waals surface area contributed by atoms with E-state index >= 15 is 0 Å². The van der Waals surface area contributed by atoms with Crippen molar-refractivity contribution in [2.45, 2.75) is 37.7 Å². The number of hydrogen-bond acceptors (Lipinski definition) is 2. The van der Waals surface area contributed by atoms with Gasteiger partial charge in [0.05, 0.1) is 7.11 Å². The fourth-order valence-electron chi connectivity index (χ4n) is 1.93. The summed E-state index contributed by atoms with van der Waals surface area (Å²) in [5.74, 6) is 0.851. The number of carbonyl (C=O) groups excluding carboxylic acids is 1. The topological polar surface area (TPSA) is 29.5 Å². The predicted octanol–water partition coefficient (Wildman–Crippen LogP) is 2.81. The highest BCUT2D eigenvalue weighted by molar-refractivity contribution is 6.30. The summed E-state index contributed by atoms with van der Waals surface area (Å²) < 4.78 is 5.12. The summed E-state index contributed by atoms with van der Waals surface area (Å²) in [4.78, 5) is 13.9. The third-order valence-corrected chi connectivity index (χ3v) is 3.31. The van der Waals surface area contributed by atoms with Crippen LogP contribution in [0.3, 0.4) is 0 Å². The predicted molar refractivity (Wildman–Crippen MR) is 71.9 cm³/mol. The van der Waals surface area contributed by atoms with E-state index in [2.05, 4.69) is 0 Å². The van der Waals surface area contributed by atoms with E-state index in [4.69, 9.17) is 16.3 Å². The first kappa shape index (κ1) is 13.2. The van der Waals surface area contributed by atoms with Crippen molar-refractivity contribution in [2.24, 2.45) is 0 Å². The molecule has 0 N–H and O–H groups in total. The van der Waals surface area contributed by atoms with Gasteiger partial charge >= 0.3 is 0 Å². The van der Waals surface area contributed by atoms with Crippen LogP contribution in [0.25, 0.3) is 0 Å². The molecule has 0 radical (unpaired) electrons. The van der Waals surface area contributed by atoms with Crippen LogP contribution in [0.2, 0.25) is 0 Å². The number of amides is 1. The van der Waals surface area contributed by atoms with E-state index < -0.39 is 5.38 Å². The Kier molecular flexibility index (Phi) is 4.12. The Morgan fingerprint density at radius 3 is 2.50 bits per heavy atom. The molecule has 0 aliphatic heterocycles. The first-order valence-corrected chi connectivity index (χ1v) is 6.63. The smallest absolute Gasteiger partial charge is 0.240 e. The zero-order valence-electron chi connectivity index (χ0n) is 10.7. The van der Waals surface area contributed by atoms with Crippen molar-refractivity contribution in [1.82, 2.24) is 4.90 Å². The molecule has 1 saturated carbocycles. The summed E-state index contributed by atoms with van der Waals surface area (Å²) in [6, 6.07) is 8.17. The molecule has 1 aliphatic carbocycles. The van der Waals surface area contributed by atoms with Crippen LogP contribution >= 0.6 is 11.6 Å². The van der Waals surface area contributed by atoms with Gasteiger partial charge in [-0.25, -0.2) is 0 Å². The molecular weight excluding hydrogens is 250 g/mol. The van der Waals surface area contributed by atoms with E-state index in [-0.39, 0.29) is 5.91 Å². The van der Waals surface area contributed by atoms with Crippen molar-refractivity contribution in [3.05, 3.63) is 29.8 Å². The van der Waals surface area contributed by atoms with Crippen molar-refractivity contribution in [2.75, 3.05) is 7.11 Å². The standard InChI is InChI=1S/C14H18ClNO2/c1-10(15)14(17)16(12-5-6-12)9-11-3-7-13(18-2)8-4-11/h3-4,7-8,10,12H,5-6,9H2,1-2H3. The Morgan fingerprint density at radius 1 is 1.44 bits per heavy atom. The van der Waals surface area contributed by atoms with Crippen LogP contribution in [-0.2, 0) is 11.3 Å². The largest absolute Gasteiger partial charge is 0.497 e. The molecule has 3 nitrogen and oxygen atoms in total. The van der Waals surface area contributed by atoms with Crippen molar-refractivity contribution in [1.29, 1.82) is 0 Å². The summed E-state index contributed by atoms with van der Waals surface area (Å²) in [6.07, 6.45) is 2.18. The van der Waals surface area contributed by atoms with Crippen LogP contribution in [-0.4, -0.2) is 29.3 Å². The van der Waals surface area contributed by atoms with Gasteiger partial charge in [-0.3, -0.25) is 4.79 Å². The third kappa shape index (κ3) is 3.16. The maximum atomic E-state index is 12.0. The number of halogens is 1. The van der Waals surface area contributed by atoms with Crippen LogP contribution in [0.5, 0.6) is 5.75 Å². The van der Waals surface area contributed by atoms with E-state index in [1.54, 1.807) is 14.0 Å². The lowest BCUT2D eigenvalue weighted by molar-refractivity contribution is -0.131. The van der Waals surface area contributed by atoms with Gasteiger partial charge in [0.2, 0.25) is 5.91 Å². The van der Waals surface area contributed by atoms with Crippen LogP contribution in [0, 0.1) is 0 Å². The second kappa shape index (κ2) is 5.61. The molecule has 0 heterocycles. The molecule has 2 rings (SSSR count). The highest BCUT2D eigenvalue weighted by Gasteiger charge is 2.33. The molecule has 0 saturated heterocycles. The number of nitrogens with zero attached hydrogens (tertiary/aromatic N) is 1. The molecule has 1 atom stereocenters. The van der Waals surface area contributed by atoms with E-state index in [1.165, 1.54) is 0 Å². The lowest BCUT2D eigenvalue weighted by Gasteiger charge is -2.23. The van der Waals surface area contributed by atoms with E-state index in [0.29, 0.717) is 12.6 Å². The number of carbonyl (C=O) groups is 1. The van der Waals surface area contributed by atoms with Crippen molar-refractivity contribution < 1.29 is 9.53 Å². The fraction of sp³-hybridized carbons (Fsp3) is 0.500. The monoisotopic (exact) mass is 267 g/mol. The van der Waals surface area contributed by atoms with Gasteiger partial charge in [0.1, 0.15) is 11.1 Å². The Bertz CT molecular complexity index is 412. The van der Waals surface area contributed by atoms with Gasteiger partial charge in [-0.2, -0.15) is 0 Å². The quantitative estimate of drug-likeness (QED) is 0.768. The average Bonchev–Trinajstić information content (AvgIpc) is 3.20. The van der Waals surface area contributed by atoms with Crippen molar-refractivity contribution in [3.8, 4) is 5.75 Å². The molecule has 1 amide bonds. The van der Waals surface area contributed by atoms with E-state index in [1.807, 2.05) is 29.2 Å². The Labute approximate surface area is 113 Å². The second-order valence-electron chi connectivity index (χ2n) is 4.66. The SMILES string of the molecule is COc1ccc(CN(C(=O)C(C)Cl)C2CC2)cc1. The summed E-state index contributed by atoms with van der Waals surface area (Å²) in [5, 5.41) is -0.455. The number of benzene rings is 1. The minimum atomic E-state index is -0.455. The van der Waals surface area contributed by atoms with Gasteiger partial charge in [0.25, 0.3) is 0 Å². The summed E-state index contributed by atoms with van der Waals surface area (Å²) in [5.41, 5.74) is 1.10. The third-order valence-electron chi connectivity index (χ3n) is 3.12. The lowest BCUT2D eigenvalue weighted by atomic mass is 10.2. The molecular formula is C14H18ClNO2. The van der Waals surface area contributed by atoms with Gasteiger partial charge < -0.3 is 9.64 Å². The molecule has 18 heavy (non-hydrogen) atoms. The normalized spacial score (nSPS) is 16.2. The van der Waals surface area contributed by atoms with Crippen LogP contribution in [0.15, 0.2) is 24.3 Å². The Morgan fingerprint density at radius 2 is 2.06 bits per heavy atom. The zero-order chi connectivity index (χ0) is 13.1. The lowest BCUT2D eigenvalue weighted by Crippen LogP contribution is -2.36. The molecule has 1 aromatic carbocycles. The minimum absolute atomic E-state index is 0.0231. The maximum Gasteiger partial charge on any atom is 0.240 e. The first-order chi connectivity index (χ1) is 8.61. The Hall–Kier alpha value is -1.22. The highest BCUT2D eigenvalue weighted by Crippen LogP contribution is 2.29. The van der Waals surface area contributed by atoms with Gasteiger partial charge in [0, 0.05) is 12.6 Å². The fourth-order valence-corrected chi connectivity index (χ4v) is 2.05. The van der Waals surface area contributed by atoms with Gasteiger partial charge in [-0.05, 0) is 37.5 Å². The first-order valence-electron chi connectivity index (χ1n) is 6.19. The number of rotatable bonds is 5. The number of hydrogen-bond donors (Lipinski definition) is 0. The highest BCUT2D eigenvalue weighted by atomic mass is 35.5. The molecule has 98 valence electrons. The molecule has 1 aliphatic rings. The maximum absolute atomic E-state index is 12.0. The zero-order valence-corrected chi connectivity index (χ0v) is 11.5. The molecule has 0 aromatic heterocycles. The number of alkyl halides is 1. The summed E-state index contributed by atoms with van der Waals surface area (Å²) in [6.45, 7) is 2.36. The number of ether oxygens (including phenoxy) is 1.